The maximum atomic E-state index is 6.02. The van der Waals surface area contributed by atoms with Crippen molar-refractivity contribution in [2.45, 2.75) is 13.3 Å². The molecule has 0 fully saturated rings. The summed E-state index contributed by atoms with van der Waals surface area (Å²) in [6.45, 7) is 2.12. The number of aromatic nitrogens is 1. The van der Waals surface area contributed by atoms with Crippen LogP contribution < -0.4 is 5.73 Å². The Morgan fingerprint density at radius 1 is 1.10 bits per heavy atom. The second-order valence-electron chi connectivity index (χ2n) is 4.79. The average molecular weight is 343 g/mol. The third-order valence-electron chi connectivity index (χ3n) is 3.49. The lowest BCUT2D eigenvalue weighted by atomic mass is 9.97. The van der Waals surface area contributed by atoms with E-state index in [1.807, 2.05) is 42.5 Å². The summed E-state index contributed by atoms with van der Waals surface area (Å²) in [6, 6.07) is 16.1. The van der Waals surface area contributed by atoms with Crippen molar-refractivity contribution in [3.63, 3.8) is 0 Å². The second kappa shape index (κ2) is 5.74. The molecule has 2 aromatic carbocycles. The van der Waals surface area contributed by atoms with Crippen LogP contribution in [0, 0.1) is 0 Å². The molecule has 3 rings (SSSR count). The predicted octanol–water partition coefficient (Wildman–Crippen LogP) is 4.92. The summed E-state index contributed by atoms with van der Waals surface area (Å²) in [6.07, 6.45) is 0.927. The normalized spacial score (nSPS) is 10.8. The van der Waals surface area contributed by atoms with E-state index in [4.69, 9.17) is 10.3 Å². The van der Waals surface area contributed by atoms with Crippen LogP contribution in [0.5, 0.6) is 0 Å². The van der Waals surface area contributed by atoms with E-state index in [0.717, 1.165) is 33.3 Å². The number of halogens is 1. The molecule has 0 bridgehead atoms. The highest BCUT2D eigenvalue weighted by Crippen LogP contribution is 2.38. The maximum absolute atomic E-state index is 6.02. The number of nitrogen functional groups attached to an aromatic ring is 1. The molecule has 2 N–H and O–H groups in total. The number of hydrogen-bond donors (Lipinski definition) is 1. The molecule has 0 atom stereocenters. The lowest BCUT2D eigenvalue weighted by molar-refractivity contribution is 0.436. The topological polar surface area (TPSA) is 52.0 Å². The molecule has 0 aliphatic carbocycles. The maximum Gasteiger partial charge on any atom is 0.177 e. The van der Waals surface area contributed by atoms with Gasteiger partial charge in [-0.3, -0.25) is 0 Å². The van der Waals surface area contributed by atoms with Crippen molar-refractivity contribution in [3.05, 3.63) is 58.6 Å². The molecule has 0 spiro atoms. The molecule has 106 valence electrons. The van der Waals surface area contributed by atoms with Crippen LogP contribution in [0.2, 0.25) is 0 Å². The third kappa shape index (κ3) is 2.59. The van der Waals surface area contributed by atoms with Crippen LogP contribution in [0.3, 0.4) is 0 Å². The van der Waals surface area contributed by atoms with Crippen molar-refractivity contribution in [2.24, 2.45) is 0 Å². The minimum Gasteiger partial charge on any atom is -0.380 e. The average Bonchev–Trinajstić information content (AvgIpc) is 2.90. The van der Waals surface area contributed by atoms with E-state index in [-0.39, 0.29) is 0 Å². The first-order valence-corrected chi connectivity index (χ1v) is 7.59. The number of hydrogen-bond acceptors (Lipinski definition) is 3. The van der Waals surface area contributed by atoms with Crippen molar-refractivity contribution < 1.29 is 4.52 Å². The fraction of sp³-hybridized carbons (Fsp3) is 0.118. The highest BCUT2D eigenvalue weighted by molar-refractivity contribution is 9.10. The van der Waals surface area contributed by atoms with Crippen LogP contribution in [0.1, 0.15) is 12.5 Å². The Morgan fingerprint density at radius 3 is 2.52 bits per heavy atom. The van der Waals surface area contributed by atoms with Crippen molar-refractivity contribution in [1.82, 2.24) is 5.16 Å². The molecule has 3 nitrogen and oxygen atoms in total. The van der Waals surface area contributed by atoms with E-state index in [1.54, 1.807) is 0 Å². The second-order valence-corrected chi connectivity index (χ2v) is 5.71. The molecule has 1 heterocycles. The van der Waals surface area contributed by atoms with Crippen LogP contribution >= 0.6 is 15.9 Å². The molecule has 21 heavy (non-hydrogen) atoms. The van der Waals surface area contributed by atoms with E-state index in [1.165, 1.54) is 5.56 Å². The number of benzene rings is 2. The molecule has 0 aliphatic rings. The summed E-state index contributed by atoms with van der Waals surface area (Å²) >= 11 is 3.44. The zero-order valence-electron chi connectivity index (χ0n) is 11.6. The van der Waals surface area contributed by atoms with Crippen LogP contribution in [0.4, 0.5) is 5.82 Å². The van der Waals surface area contributed by atoms with Gasteiger partial charge in [-0.1, -0.05) is 64.4 Å². The molecular weight excluding hydrogens is 328 g/mol. The van der Waals surface area contributed by atoms with Gasteiger partial charge in [-0.15, -0.1) is 0 Å². The fourth-order valence-corrected chi connectivity index (χ4v) is 2.70. The first-order valence-electron chi connectivity index (χ1n) is 6.80. The summed E-state index contributed by atoms with van der Waals surface area (Å²) in [7, 11) is 0. The highest BCUT2D eigenvalue weighted by Gasteiger charge is 2.19. The summed E-state index contributed by atoms with van der Waals surface area (Å²) in [4.78, 5) is 0. The van der Waals surface area contributed by atoms with Crippen molar-refractivity contribution in [2.75, 3.05) is 5.73 Å². The van der Waals surface area contributed by atoms with Crippen molar-refractivity contribution in [1.29, 1.82) is 0 Å². The minimum absolute atomic E-state index is 0.415. The monoisotopic (exact) mass is 342 g/mol. The van der Waals surface area contributed by atoms with Gasteiger partial charge >= 0.3 is 0 Å². The van der Waals surface area contributed by atoms with E-state index in [2.05, 4.69) is 34.1 Å². The van der Waals surface area contributed by atoms with Crippen molar-refractivity contribution in [3.8, 4) is 22.5 Å². The van der Waals surface area contributed by atoms with Gasteiger partial charge in [-0.2, -0.15) is 0 Å². The molecule has 0 radical (unpaired) electrons. The number of nitrogens with zero attached hydrogens (tertiary/aromatic N) is 1. The van der Waals surface area contributed by atoms with Crippen LogP contribution in [-0.4, -0.2) is 5.16 Å². The smallest absolute Gasteiger partial charge is 0.177 e. The zero-order chi connectivity index (χ0) is 14.8. The number of nitrogens with two attached hydrogens (primary N) is 1. The van der Waals surface area contributed by atoms with Gasteiger partial charge in [-0.25, -0.2) is 0 Å². The molecular formula is C17H15BrN2O. The Balaban J connectivity index is 2.19. The van der Waals surface area contributed by atoms with E-state index in [9.17, 15) is 0 Å². The summed E-state index contributed by atoms with van der Waals surface area (Å²) < 4.78 is 6.55. The summed E-state index contributed by atoms with van der Waals surface area (Å²) in [5, 5.41) is 3.96. The van der Waals surface area contributed by atoms with Crippen LogP contribution in [0.15, 0.2) is 57.5 Å². The molecule has 0 unspecified atom stereocenters. The van der Waals surface area contributed by atoms with E-state index < -0.39 is 0 Å². The molecule has 4 heteroatoms. The largest absolute Gasteiger partial charge is 0.380 e. The molecule has 0 saturated heterocycles. The Kier molecular flexibility index (Phi) is 3.80. The van der Waals surface area contributed by atoms with Gasteiger partial charge in [0.2, 0.25) is 0 Å². The lowest BCUT2D eigenvalue weighted by Gasteiger charge is -2.07. The van der Waals surface area contributed by atoms with Gasteiger partial charge in [-0.05, 0) is 29.7 Å². The van der Waals surface area contributed by atoms with Gasteiger partial charge in [0, 0.05) is 10.0 Å². The van der Waals surface area contributed by atoms with Gasteiger partial charge in [0.15, 0.2) is 11.6 Å². The number of aryl methyl sites for hydroxylation is 1. The Hall–Kier alpha value is -2.07. The van der Waals surface area contributed by atoms with Crippen LogP contribution in [0.25, 0.3) is 22.5 Å². The molecule has 0 aliphatic heterocycles. The Labute approximate surface area is 131 Å². The third-order valence-corrected chi connectivity index (χ3v) is 4.02. The standard InChI is InChI=1S/C17H15BrN2O/c1-2-11-5-3-4-6-14(11)16-15(17(19)20-21-16)12-7-9-13(18)10-8-12/h3-10H,2H2,1H3,(H2,19,20). The molecule has 1 aromatic heterocycles. The predicted molar refractivity (Wildman–Crippen MR) is 88.9 cm³/mol. The van der Waals surface area contributed by atoms with Gasteiger partial charge in [0.1, 0.15) is 0 Å². The van der Waals surface area contributed by atoms with Crippen molar-refractivity contribution >= 4 is 21.7 Å². The van der Waals surface area contributed by atoms with E-state index in [0.29, 0.717) is 5.82 Å². The molecule has 0 amide bonds. The number of anilines is 1. The van der Waals surface area contributed by atoms with Gasteiger partial charge < -0.3 is 10.3 Å². The van der Waals surface area contributed by atoms with Crippen LogP contribution in [-0.2, 0) is 6.42 Å². The SMILES string of the molecule is CCc1ccccc1-c1onc(N)c1-c1ccc(Br)cc1. The van der Waals surface area contributed by atoms with Gasteiger partial charge in [0.25, 0.3) is 0 Å². The molecule has 0 saturated carbocycles. The summed E-state index contributed by atoms with van der Waals surface area (Å²) in [5.74, 6) is 1.14. The summed E-state index contributed by atoms with van der Waals surface area (Å²) in [5.41, 5.74) is 10.1. The quantitative estimate of drug-likeness (QED) is 0.735. The van der Waals surface area contributed by atoms with E-state index >= 15 is 0 Å². The minimum atomic E-state index is 0.415. The molecule has 3 aromatic rings. The zero-order valence-corrected chi connectivity index (χ0v) is 13.2. The number of rotatable bonds is 3. The highest BCUT2D eigenvalue weighted by atomic mass is 79.9. The first-order chi connectivity index (χ1) is 10.2. The Morgan fingerprint density at radius 2 is 1.81 bits per heavy atom. The van der Waals surface area contributed by atoms with Gasteiger partial charge in [0.05, 0.1) is 5.56 Å². The first kappa shape index (κ1) is 13.9. The Bertz CT molecular complexity index is 763. The fourth-order valence-electron chi connectivity index (χ4n) is 2.43. The lowest BCUT2D eigenvalue weighted by Crippen LogP contribution is -1.91.